The summed E-state index contributed by atoms with van der Waals surface area (Å²) in [6, 6.07) is 8.30. The summed E-state index contributed by atoms with van der Waals surface area (Å²) in [4.78, 5) is 24.2. The van der Waals surface area contributed by atoms with E-state index in [1.165, 1.54) is 57.7 Å². The lowest BCUT2D eigenvalue weighted by molar-refractivity contribution is -0.119. The van der Waals surface area contributed by atoms with Gasteiger partial charge in [0.15, 0.2) is 18.1 Å². The zero-order valence-corrected chi connectivity index (χ0v) is 15.9. The number of benzene rings is 2. The van der Waals surface area contributed by atoms with Gasteiger partial charge in [-0.05, 0) is 12.1 Å². The number of esters is 1. The van der Waals surface area contributed by atoms with Gasteiger partial charge in [-0.3, -0.25) is 4.79 Å². The fourth-order valence-corrected chi connectivity index (χ4v) is 2.39. The number of anilines is 1. The van der Waals surface area contributed by atoms with Crippen LogP contribution >= 0.6 is 0 Å². The number of hydrogen-bond acceptors (Lipinski definition) is 7. The van der Waals surface area contributed by atoms with Crippen LogP contribution in [0.1, 0.15) is 10.4 Å². The van der Waals surface area contributed by atoms with E-state index in [1.54, 1.807) is 0 Å². The Kier molecular flexibility index (Phi) is 7.58. The zero-order chi connectivity index (χ0) is 21.4. The highest BCUT2D eigenvalue weighted by atomic mass is 19.3. The Bertz CT molecular complexity index is 848. The number of carbonyl (C=O) groups excluding carboxylic acids is 2. The van der Waals surface area contributed by atoms with Gasteiger partial charge in [-0.2, -0.15) is 8.78 Å². The maximum atomic E-state index is 12.4. The van der Waals surface area contributed by atoms with Crippen molar-refractivity contribution in [3.63, 3.8) is 0 Å². The molecule has 0 unspecified atom stereocenters. The van der Waals surface area contributed by atoms with Crippen molar-refractivity contribution in [1.29, 1.82) is 0 Å². The zero-order valence-electron chi connectivity index (χ0n) is 15.9. The minimum absolute atomic E-state index is 0.228. The van der Waals surface area contributed by atoms with Gasteiger partial charge in [0.25, 0.3) is 5.91 Å². The number of para-hydroxylation sites is 1. The molecule has 0 aromatic heterocycles. The van der Waals surface area contributed by atoms with Crippen molar-refractivity contribution < 1.29 is 42.1 Å². The van der Waals surface area contributed by atoms with Crippen LogP contribution in [0.15, 0.2) is 36.4 Å². The van der Waals surface area contributed by atoms with Gasteiger partial charge in [0.2, 0.25) is 5.75 Å². The van der Waals surface area contributed by atoms with Crippen molar-refractivity contribution in [2.45, 2.75) is 6.61 Å². The Morgan fingerprint density at radius 1 is 0.966 bits per heavy atom. The second kappa shape index (κ2) is 10.1. The largest absolute Gasteiger partial charge is 0.493 e. The van der Waals surface area contributed by atoms with E-state index in [9.17, 15) is 18.4 Å². The van der Waals surface area contributed by atoms with Gasteiger partial charge in [-0.25, -0.2) is 4.79 Å². The van der Waals surface area contributed by atoms with E-state index < -0.39 is 25.1 Å². The van der Waals surface area contributed by atoms with E-state index in [0.29, 0.717) is 22.9 Å². The van der Waals surface area contributed by atoms with Crippen LogP contribution in [0, 0.1) is 0 Å². The Hall–Kier alpha value is -3.56. The SMILES string of the molecule is COc1cc(NC(=O)COC(=O)c2ccccc2OC(F)F)cc(OC)c1OC. The van der Waals surface area contributed by atoms with E-state index in [-0.39, 0.29) is 11.3 Å². The van der Waals surface area contributed by atoms with E-state index in [4.69, 9.17) is 18.9 Å². The molecule has 0 spiro atoms. The van der Waals surface area contributed by atoms with Crippen LogP contribution in [0.5, 0.6) is 23.0 Å². The lowest BCUT2D eigenvalue weighted by Crippen LogP contribution is -2.21. The van der Waals surface area contributed by atoms with Gasteiger partial charge in [-0.15, -0.1) is 0 Å². The van der Waals surface area contributed by atoms with E-state index >= 15 is 0 Å². The van der Waals surface area contributed by atoms with E-state index in [0.717, 1.165) is 0 Å². The first kappa shape index (κ1) is 21.7. The van der Waals surface area contributed by atoms with Crippen LogP contribution in [-0.2, 0) is 9.53 Å². The van der Waals surface area contributed by atoms with Gasteiger partial charge in [0, 0.05) is 17.8 Å². The van der Waals surface area contributed by atoms with Crippen molar-refractivity contribution in [2.75, 3.05) is 33.3 Å². The molecule has 0 saturated carbocycles. The first-order chi connectivity index (χ1) is 13.9. The van der Waals surface area contributed by atoms with E-state index in [2.05, 4.69) is 10.1 Å². The molecule has 0 saturated heterocycles. The fraction of sp³-hybridized carbons (Fsp3) is 0.263. The first-order valence-electron chi connectivity index (χ1n) is 8.20. The molecular weight excluding hydrogens is 392 g/mol. The molecule has 0 radical (unpaired) electrons. The summed E-state index contributed by atoms with van der Waals surface area (Å²) >= 11 is 0. The molecule has 2 rings (SSSR count). The van der Waals surface area contributed by atoms with E-state index in [1.807, 2.05) is 0 Å². The summed E-state index contributed by atoms with van der Waals surface area (Å²) in [5, 5.41) is 2.51. The average molecular weight is 411 g/mol. The third-order valence-electron chi connectivity index (χ3n) is 3.61. The molecule has 0 aliphatic carbocycles. The number of nitrogens with one attached hydrogen (secondary N) is 1. The average Bonchev–Trinajstić information content (AvgIpc) is 2.71. The maximum absolute atomic E-state index is 12.4. The molecule has 1 N–H and O–H groups in total. The number of rotatable bonds is 9. The molecule has 0 aliphatic heterocycles. The standard InChI is InChI=1S/C19H19F2NO7/c1-25-14-8-11(9-15(26-2)17(14)27-3)22-16(23)10-28-18(24)12-6-4-5-7-13(12)29-19(20)21/h4-9,19H,10H2,1-3H3,(H,22,23). The molecule has 0 bridgehead atoms. The Balaban J connectivity index is 2.05. The number of carbonyl (C=O) groups is 2. The second-order valence-corrected chi connectivity index (χ2v) is 5.41. The number of amides is 1. The number of alkyl halides is 2. The van der Waals surface area contributed by atoms with Gasteiger partial charge in [0.05, 0.1) is 21.3 Å². The van der Waals surface area contributed by atoms with Crippen LogP contribution in [-0.4, -0.2) is 46.4 Å². The summed E-state index contributed by atoms with van der Waals surface area (Å²) in [5.41, 5.74) is 0.0790. The van der Waals surface area contributed by atoms with Gasteiger partial charge < -0.3 is 29.0 Å². The second-order valence-electron chi connectivity index (χ2n) is 5.41. The quantitative estimate of drug-likeness (QED) is 0.634. The summed E-state index contributed by atoms with van der Waals surface area (Å²) in [6.07, 6.45) is 0. The van der Waals surface area contributed by atoms with Crippen molar-refractivity contribution in [1.82, 2.24) is 0 Å². The smallest absolute Gasteiger partial charge is 0.387 e. The molecule has 0 fully saturated rings. The molecule has 10 heteroatoms. The number of methoxy groups -OCH3 is 3. The van der Waals surface area contributed by atoms with Crippen LogP contribution in [0.3, 0.4) is 0 Å². The van der Waals surface area contributed by atoms with Crippen molar-refractivity contribution in [3.05, 3.63) is 42.0 Å². The normalized spacial score (nSPS) is 10.3. The predicted molar refractivity (Wildman–Crippen MR) is 98.1 cm³/mol. The number of ether oxygens (including phenoxy) is 5. The minimum atomic E-state index is -3.10. The first-order valence-corrected chi connectivity index (χ1v) is 8.20. The van der Waals surface area contributed by atoms with Gasteiger partial charge in [0.1, 0.15) is 11.3 Å². The summed E-state index contributed by atoms with van der Waals surface area (Å²) in [5.74, 6) is -1.02. The molecule has 0 aliphatic rings. The molecule has 0 heterocycles. The molecule has 2 aromatic rings. The Morgan fingerprint density at radius 2 is 1.59 bits per heavy atom. The topological polar surface area (TPSA) is 92.3 Å². The lowest BCUT2D eigenvalue weighted by atomic mass is 10.2. The minimum Gasteiger partial charge on any atom is -0.493 e. The molecule has 156 valence electrons. The highest BCUT2D eigenvalue weighted by Gasteiger charge is 2.19. The lowest BCUT2D eigenvalue weighted by Gasteiger charge is -2.14. The van der Waals surface area contributed by atoms with Crippen molar-refractivity contribution in [3.8, 4) is 23.0 Å². The molecular formula is C19H19F2NO7. The summed E-state index contributed by atoms with van der Waals surface area (Å²) in [7, 11) is 4.28. The highest BCUT2D eigenvalue weighted by Crippen LogP contribution is 2.39. The Labute approximate surface area is 165 Å². The van der Waals surface area contributed by atoms with Crippen molar-refractivity contribution in [2.24, 2.45) is 0 Å². The Morgan fingerprint density at radius 3 is 2.14 bits per heavy atom. The number of hydrogen-bond donors (Lipinski definition) is 1. The fourth-order valence-electron chi connectivity index (χ4n) is 2.39. The number of halogens is 2. The maximum Gasteiger partial charge on any atom is 0.387 e. The molecule has 0 atom stereocenters. The van der Waals surface area contributed by atoms with Crippen LogP contribution in [0.25, 0.3) is 0 Å². The predicted octanol–water partition coefficient (Wildman–Crippen LogP) is 3.11. The summed E-state index contributed by atoms with van der Waals surface area (Å²) < 4.78 is 49.6. The molecule has 29 heavy (non-hydrogen) atoms. The van der Waals surface area contributed by atoms with Gasteiger partial charge >= 0.3 is 12.6 Å². The highest BCUT2D eigenvalue weighted by molar-refractivity contribution is 5.97. The molecule has 8 nitrogen and oxygen atoms in total. The van der Waals surface area contributed by atoms with Crippen molar-refractivity contribution >= 4 is 17.6 Å². The third-order valence-corrected chi connectivity index (χ3v) is 3.61. The van der Waals surface area contributed by atoms with Crippen LogP contribution in [0.2, 0.25) is 0 Å². The molecule has 2 aromatic carbocycles. The summed E-state index contributed by atoms with van der Waals surface area (Å²) in [6.45, 7) is -3.76. The van der Waals surface area contributed by atoms with Crippen LogP contribution < -0.4 is 24.3 Å². The van der Waals surface area contributed by atoms with Gasteiger partial charge in [-0.1, -0.05) is 12.1 Å². The third kappa shape index (κ3) is 5.71. The van der Waals surface area contributed by atoms with Crippen LogP contribution in [0.4, 0.5) is 14.5 Å². The molecule has 1 amide bonds. The monoisotopic (exact) mass is 411 g/mol.